The average molecular weight is 457 g/mol. The zero-order valence-electron chi connectivity index (χ0n) is 17.6. The molecule has 0 aliphatic heterocycles. The van der Waals surface area contributed by atoms with Crippen LogP contribution in [-0.4, -0.2) is 40.4 Å². The van der Waals surface area contributed by atoms with Gasteiger partial charge in [-0.05, 0) is 50.2 Å². The number of amides is 1. The molecule has 6 nitrogen and oxygen atoms in total. The van der Waals surface area contributed by atoms with E-state index in [4.69, 9.17) is 4.74 Å². The number of anilines is 1. The van der Waals surface area contributed by atoms with Crippen molar-refractivity contribution >= 4 is 40.7 Å². The van der Waals surface area contributed by atoms with Crippen molar-refractivity contribution in [1.82, 2.24) is 4.98 Å². The molecule has 0 aliphatic carbocycles. The largest absolute Gasteiger partial charge is 0.493 e. The van der Waals surface area contributed by atoms with Crippen molar-refractivity contribution < 1.29 is 19.4 Å². The van der Waals surface area contributed by atoms with Crippen LogP contribution in [0.3, 0.4) is 0 Å². The van der Waals surface area contributed by atoms with Gasteiger partial charge in [0.15, 0.2) is 4.34 Å². The highest BCUT2D eigenvalue weighted by Gasteiger charge is 2.29. The summed E-state index contributed by atoms with van der Waals surface area (Å²) in [6.07, 6.45) is 0.613. The molecule has 3 rings (SSSR count). The Morgan fingerprint density at radius 1 is 1.13 bits per heavy atom. The Balaban J connectivity index is 1.51. The Kier molecular flexibility index (Phi) is 7.35. The molecule has 0 unspecified atom stereocenters. The Hall–Kier alpha value is -2.84. The van der Waals surface area contributed by atoms with Crippen molar-refractivity contribution in [3.8, 4) is 5.75 Å². The number of benzene rings is 2. The average Bonchev–Trinajstić information content (AvgIpc) is 3.20. The highest BCUT2D eigenvalue weighted by atomic mass is 32.2. The number of hydrogen-bond acceptors (Lipinski definition) is 6. The SMILES string of the molecule is CN(C(=O)c1ccc(OCCc2csc(SC(C)(C)C(=O)O)n2)cc1)c1ccccc1. The number of carbonyl (C=O) groups is 2. The number of carbonyl (C=O) groups excluding carboxylic acids is 1. The number of carboxylic acids is 1. The minimum atomic E-state index is -0.917. The molecule has 8 heteroatoms. The molecule has 162 valence electrons. The van der Waals surface area contributed by atoms with Crippen molar-refractivity contribution in [1.29, 1.82) is 0 Å². The van der Waals surface area contributed by atoms with Crippen LogP contribution in [0, 0.1) is 0 Å². The van der Waals surface area contributed by atoms with Crippen LogP contribution in [0.5, 0.6) is 5.75 Å². The molecule has 0 atom stereocenters. The van der Waals surface area contributed by atoms with Crippen LogP contribution in [-0.2, 0) is 11.2 Å². The first-order chi connectivity index (χ1) is 14.8. The number of nitrogens with zero attached hydrogens (tertiary/aromatic N) is 2. The van der Waals surface area contributed by atoms with Crippen molar-refractivity contribution in [3.05, 3.63) is 71.2 Å². The number of thiazole rings is 1. The van der Waals surface area contributed by atoms with Gasteiger partial charge in [-0.15, -0.1) is 11.3 Å². The smallest absolute Gasteiger partial charge is 0.319 e. The number of ether oxygens (including phenoxy) is 1. The zero-order chi connectivity index (χ0) is 22.4. The highest BCUT2D eigenvalue weighted by molar-refractivity contribution is 8.02. The molecule has 1 aromatic heterocycles. The number of thioether (sulfide) groups is 1. The van der Waals surface area contributed by atoms with Crippen molar-refractivity contribution in [2.75, 3.05) is 18.6 Å². The Morgan fingerprint density at radius 2 is 1.81 bits per heavy atom. The molecule has 0 saturated heterocycles. The number of para-hydroxylation sites is 1. The zero-order valence-corrected chi connectivity index (χ0v) is 19.2. The molecule has 1 amide bonds. The molecule has 1 heterocycles. The predicted octanol–water partition coefficient (Wildman–Crippen LogP) is 5.00. The summed E-state index contributed by atoms with van der Waals surface area (Å²) in [7, 11) is 1.75. The van der Waals surface area contributed by atoms with Crippen LogP contribution >= 0.6 is 23.1 Å². The van der Waals surface area contributed by atoms with E-state index < -0.39 is 10.7 Å². The number of aliphatic carboxylic acids is 1. The molecule has 1 N–H and O–H groups in total. The van der Waals surface area contributed by atoms with Crippen molar-refractivity contribution in [2.45, 2.75) is 29.4 Å². The Bertz CT molecular complexity index is 1030. The maximum absolute atomic E-state index is 12.6. The van der Waals surface area contributed by atoms with Crippen LogP contribution in [0.1, 0.15) is 29.9 Å². The molecule has 0 radical (unpaired) electrons. The summed E-state index contributed by atoms with van der Waals surface area (Å²) < 4.78 is 5.59. The predicted molar refractivity (Wildman–Crippen MR) is 125 cm³/mol. The summed E-state index contributed by atoms with van der Waals surface area (Å²) in [5.41, 5.74) is 2.28. The molecule has 0 saturated carbocycles. The van der Waals surface area contributed by atoms with Gasteiger partial charge >= 0.3 is 5.97 Å². The maximum atomic E-state index is 12.6. The van der Waals surface area contributed by atoms with E-state index in [1.165, 1.54) is 23.1 Å². The minimum absolute atomic E-state index is 0.0884. The Labute approximate surface area is 189 Å². The van der Waals surface area contributed by atoms with Crippen LogP contribution in [0.25, 0.3) is 0 Å². The molecule has 0 spiro atoms. The van der Waals surface area contributed by atoms with E-state index in [-0.39, 0.29) is 5.91 Å². The molecule has 0 fully saturated rings. The molecule has 2 aromatic carbocycles. The molecule has 3 aromatic rings. The Morgan fingerprint density at radius 3 is 2.45 bits per heavy atom. The third kappa shape index (κ3) is 6.08. The van der Waals surface area contributed by atoms with E-state index in [0.29, 0.717) is 24.3 Å². The van der Waals surface area contributed by atoms with Gasteiger partial charge in [0.1, 0.15) is 10.5 Å². The van der Waals surface area contributed by atoms with Gasteiger partial charge in [0.2, 0.25) is 0 Å². The van der Waals surface area contributed by atoms with Gasteiger partial charge < -0.3 is 14.7 Å². The van der Waals surface area contributed by atoms with E-state index in [1.807, 2.05) is 35.7 Å². The maximum Gasteiger partial charge on any atom is 0.319 e. The standard InChI is InChI=1S/C23H24N2O4S2/c1-23(2,21(27)28)31-22-24-17(15-30-22)13-14-29-19-11-9-16(10-12-19)20(26)25(3)18-7-5-4-6-8-18/h4-12,15H,13-14H2,1-3H3,(H,27,28). The van der Waals surface area contributed by atoms with Crippen LogP contribution in [0.2, 0.25) is 0 Å². The third-order valence-corrected chi connectivity index (χ3v) is 6.74. The number of hydrogen-bond donors (Lipinski definition) is 1. The second kappa shape index (κ2) is 9.98. The summed E-state index contributed by atoms with van der Waals surface area (Å²) >= 11 is 2.68. The van der Waals surface area contributed by atoms with E-state index in [0.717, 1.165) is 15.7 Å². The van der Waals surface area contributed by atoms with Gasteiger partial charge in [0.05, 0.1) is 12.3 Å². The lowest BCUT2D eigenvalue weighted by atomic mass is 10.2. The van der Waals surface area contributed by atoms with Gasteiger partial charge in [-0.3, -0.25) is 9.59 Å². The van der Waals surface area contributed by atoms with Crippen LogP contribution in [0.4, 0.5) is 5.69 Å². The monoisotopic (exact) mass is 456 g/mol. The highest BCUT2D eigenvalue weighted by Crippen LogP contribution is 2.34. The number of carboxylic acid groups (broad SMARTS) is 1. The van der Waals surface area contributed by atoms with Gasteiger partial charge in [0, 0.05) is 30.1 Å². The van der Waals surface area contributed by atoms with Gasteiger partial charge in [-0.2, -0.15) is 0 Å². The van der Waals surface area contributed by atoms with Crippen molar-refractivity contribution in [2.24, 2.45) is 0 Å². The molecular formula is C23H24N2O4S2. The number of aromatic nitrogens is 1. The fraction of sp³-hybridized carbons (Fsp3) is 0.261. The lowest BCUT2D eigenvalue weighted by molar-refractivity contribution is -0.138. The van der Waals surface area contributed by atoms with Gasteiger partial charge in [0.25, 0.3) is 5.91 Å². The molecule has 31 heavy (non-hydrogen) atoms. The summed E-state index contributed by atoms with van der Waals surface area (Å²) in [5.74, 6) is -0.278. The fourth-order valence-electron chi connectivity index (χ4n) is 2.64. The molecular weight excluding hydrogens is 432 g/mol. The summed E-state index contributed by atoms with van der Waals surface area (Å²) in [6, 6.07) is 16.6. The van der Waals surface area contributed by atoms with Crippen molar-refractivity contribution in [3.63, 3.8) is 0 Å². The van der Waals surface area contributed by atoms with E-state index in [9.17, 15) is 14.7 Å². The molecule has 0 aliphatic rings. The van der Waals surface area contributed by atoms with E-state index in [1.54, 1.807) is 50.1 Å². The summed E-state index contributed by atoms with van der Waals surface area (Å²) in [5, 5.41) is 11.2. The first-order valence-electron chi connectivity index (χ1n) is 9.69. The summed E-state index contributed by atoms with van der Waals surface area (Å²) in [6.45, 7) is 3.76. The molecule has 0 bridgehead atoms. The quantitative estimate of drug-likeness (QED) is 0.457. The minimum Gasteiger partial charge on any atom is -0.493 e. The summed E-state index contributed by atoms with van der Waals surface area (Å²) in [4.78, 5) is 30.0. The second-order valence-corrected chi connectivity index (χ2v) is 10.1. The third-order valence-electron chi connectivity index (χ3n) is 4.56. The van der Waals surface area contributed by atoms with Gasteiger partial charge in [-0.25, -0.2) is 4.98 Å². The van der Waals surface area contributed by atoms with Crippen LogP contribution in [0.15, 0.2) is 64.3 Å². The number of rotatable bonds is 9. The topological polar surface area (TPSA) is 79.7 Å². The normalized spacial score (nSPS) is 11.2. The first-order valence-corrected chi connectivity index (χ1v) is 11.4. The first kappa shape index (κ1) is 22.8. The van der Waals surface area contributed by atoms with E-state index in [2.05, 4.69) is 4.98 Å². The lowest BCUT2D eigenvalue weighted by Gasteiger charge is -2.17. The van der Waals surface area contributed by atoms with Gasteiger partial charge in [-0.1, -0.05) is 30.0 Å². The lowest BCUT2D eigenvalue weighted by Crippen LogP contribution is -2.26. The van der Waals surface area contributed by atoms with Crippen LogP contribution < -0.4 is 9.64 Å². The second-order valence-electron chi connectivity index (χ2n) is 7.34. The van der Waals surface area contributed by atoms with E-state index >= 15 is 0 Å². The fourth-order valence-corrected chi connectivity index (χ4v) is 4.87.